The topological polar surface area (TPSA) is 111 Å². The van der Waals surface area contributed by atoms with Crippen LogP contribution in [0.4, 0.5) is 0 Å². The Morgan fingerprint density at radius 3 is 2.39 bits per heavy atom. The highest BCUT2D eigenvalue weighted by Gasteiger charge is 2.15. The van der Waals surface area contributed by atoms with Gasteiger partial charge in [0.25, 0.3) is 0 Å². The van der Waals surface area contributed by atoms with Gasteiger partial charge in [-0.15, -0.1) is 12.4 Å². The van der Waals surface area contributed by atoms with Crippen LogP contribution in [0.3, 0.4) is 0 Å². The molecule has 0 heterocycles. The number of phenolic OH excluding ortho intramolecular Hbond substituents is 1. The zero-order valence-corrected chi connectivity index (χ0v) is 17.6. The lowest BCUT2D eigenvalue weighted by molar-refractivity contribution is 0.272. The minimum atomic E-state index is -3.95. The van der Waals surface area contributed by atoms with Crippen molar-refractivity contribution in [3.63, 3.8) is 0 Å². The van der Waals surface area contributed by atoms with Gasteiger partial charge in [0.15, 0.2) is 11.5 Å². The first-order chi connectivity index (χ1) is 12.8. The maximum atomic E-state index is 11.5. The summed E-state index contributed by atoms with van der Waals surface area (Å²) in [6, 6.07) is 12.0. The monoisotopic (exact) mass is 430 g/mol. The molecule has 1 atom stereocenters. The van der Waals surface area contributed by atoms with Crippen LogP contribution in [0.25, 0.3) is 0 Å². The number of ether oxygens (including phenoxy) is 2. The van der Waals surface area contributed by atoms with Crippen molar-refractivity contribution in [3.05, 3.63) is 48.0 Å². The molecule has 1 unspecified atom stereocenters. The molecule has 0 saturated heterocycles. The summed E-state index contributed by atoms with van der Waals surface area (Å²) >= 11 is 0. The fraction of sp³-hybridized carbons (Fsp3) is 0.368. The summed E-state index contributed by atoms with van der Waals surface area (Å²) in [5.41, 5.74) is 0.763. The standard InChI is InChI=1S/C19H26N2O5S.ClH/c1-3-25-17-6-4-5-7-18(17)26-11-10-21-14(2)12-15-8-9-16(22)19(13-15)27(20,23)24;/h4-9,13-14,21-22H,3,10-12H2,1-2H3,(H2,20,23,24);1H. The van der Waals surface area contributed by atoms with Crippen LogP contribution in [0.15, 0.2) is 47.4 Å². The van der Waals surface area contributed by atoms with Crippen LogP contribution in [0.1, 0.15) is 19.4 Å². The van der Waals surface area contributed by atoms with E-state index in [0.717, 1.165) is 5.56 Å². The molecule has 0 aliphatic rings. The third-order valence-electron chi connectivity index (χ3n) is 3.87. The van der Waals surface area contributed by atoms with Crippen molar-refractivity contribution in [1.29, 1.82) is 0 Å². The van der Waals surface area contributed by atoms with E-state index in [2.05, 4.69) is 5.32 Å². The van der Waals surface area contributed by atoms with Crippen LogP contribution in [0, 0.1) is 0 Å². The van der Waals surface area contributed by atoms with Gasteiger partial charge in [0.1, 0.15) is 17.3 Å². The van der Waals surface area contributed by atoms with E-state index < -0.39 is 10.0 Å². The molecule has 2 rings (SSSR count). The lowest BCUT2D eigenvalue weighted by atomic mass is 10.1. The number of phenols is 1. The van der Waals surface area contributed by atoms with Gasteiger partial charge in [-0.1, -0.05) is 18.2 Å². The van der Waals surface area contributed by atoms with Crippen LogP contribution in [0.2, 0.25) is 0 Å². The molecule has 9 heteroatoms. The Morgan fingerprint density at radius 2 is 1.79 bits per heavy atom. The van der Waals surface area contributed by atoms with E-state index in [4.69, 9.17) is 14.6 Å². The number of sulfonamides is 1. The minimum Gasteiger partial charge on any atom is -0.507 e. The summed E-state index contributed by atoms with van der Waals surface area (Å²) in [6.45, 7) is 5.55. The molecule has 28 heavy (non-hydrogen) atoms. The van der Waals surface area contributed by atoms with E-state index in [1.54, 1.807) is 6.07 Å². The Balaban J connectivity index is 0.00000392. The molecule has 0 fully saturated rings. The number of halogens is 1. The number of hydrogen-bond donors (Lipinski definition) is 3. The summed E-state index contributed by atoms with van der Waals surface area (Å²) in [7, 11) is -3.95. The SMILES string of the molecule is CCOc1ccccc1OCCNC(C)Cc1ccc(O)c(S(N)(=O)=O)c1.Cl. The van der Waals surface area contributed by atoms with Crippen LogP contribution in [-0.2, 0) is 16.4 Å². The van der Waals surface area contributed by atoms with Crippen LogP contribution >= 0.6 is 12.4 Å². The van der Waals surface area contributed by atoms with Crippen molar-refractivity contribution in [2.75, 3.05) is 19.8 Å². The van der Waals surface area contributed by atoms with Gasteiger partial charge in [-0.05, 0) is 50.1 Å². The van der Waals surface area contributed by atoms with E-state index in [1.165, 1.54) is 12.1 Å². The van der Waals surface area contributed by atoms with E-state index in [-0.39, 0.29) is 29.1 Å². The molecule has 0 bridgehead atoms. The predicted molar refractivity (Wildman–Crippen MR) is 111 cm³/mol. The number of aromatic hydroxyl groups is 1. The Hall–Kier alpha value is -2.00. The van der Waals surface area contributed by atoms with Gasteiger partial charge >= 0.3 is 0 Å². The molecular formula is C19H27ClN2O5S. The van der Waals surface area contributed by atoms with Crippen molar-refractivity contribution < 1.29 is 23.0 Å². The number of hydrogen-bond acceptors (Lipinski definition) is 6. The summed E-state index contributed by atoms with van der Waals surface area (Å²) < 4.78 is 34.2. The van der Waals surface area contributed by atoms with Gasteiger partial charge in [0, 0.05) is 12.6 Å². The Labute approximate surface area is 172 Å². The molecule has 0 amide bonds. The first-order valence-corrected chi connectivity index (χ1v) is 10.3. The summed E-state index contributed by atoms with van der Waals surface area (Å²) in [4.78, 5) is -0.261. The zero-order chi connectivity index (χ0) is 19.9. The molecule has 0 spiro atoms. The second-order valence-electron chi connectivity index (χ2n) is 6.13. The summed E-state index contributed by atoms with van der Waals surface area (Å²) in [5.74, 6) is 1.07. The van der Waals surface area contributed by atoms with E-state index in [0.29, 0.717) is 37.7 Å². The normalized spacial score (nSPS) is 12.1. The number of rotatable bonds is 10. The maximum Gasteiger partial charge on any atom is 0.241 e. The molecule has 0 aliphatic heterocycles. The largest absolute Gasteiger partial charge is 0.507 e. The number of nitrogens with one attached hydrogen (secondary N) is 1. The van der Waals surface area contributed by atoms with Gasteiger partial charge in [0.05, 0.1) is 6.61 Å². The molecule has 2 aromatic carbocycles. The average molecular weight is 431 g/mol. The molecule has 0 aromatic heterocycles. The second-order valence-corrected chi connectivity index (χ2v) is 7.66. The van der Waals surface area contributed by atoms with Gasteiger partial charge in [-0.25, -0.2) is 13.6 Å². The van der Waals surface area contributed by atoms with Crippen molar-refractivity contribution in [2.24, 2.45) is 5.14 Å². The van der Waals surface area contributed by atoms with E-state index in [9.17, 15) is 13.5 Å². The fourth-order valence-corrected chi connectivity index (χ4v) is 3.32. The Morgan fingerprint density at radius 1 is 1.14 bits per heavy atom. The molecule has 2 aromatic rings. The third kappa shape index (κ3) is 7.20. The molecule has 0 saturated carbocycles. The van der Waals surface area contributed by atoms with Gasteiger partial charge < -0.3 is 19.9 Å². The van der Waals surface area contributed by atoms with Gasteiger partial charge in [-0.3, -0.25) is 0 Å². The van der Waals surface area contributed by atoms with Crippen molar-refractivity contribution in [3.8, 4) is 17.2 Å². The number of primary sulfonamides is 1. The number of para-hydroxylation sites is 2. The highest BCUT2D eigenvalue weighted by atomic mass is 35.5. The summed E-state index contributed by atoms with van der Waals surface area (Å²) in [6.07, 6.45) is 0.582. The lowest BCUT2D eigenvalue weighted by Crippen LogP contribution is -2.32. The zero-order valence-electron chi connectivity index (χ0n) is 15.9. The smallest absolute Gasteiger partial charge is 0.241 e. The highest BCUT2D eigenvalue weighted by molar-refractivity contribution is 7.89. The van der Waals surface area contributed by atoms with E-state index in [1.807, 2.05) is 38.1 Å². The van der Waals surface area contributed by atoms with Crippen LogP contribution in [0.5, 0.6) is 17.2 Å². The predicted octanol–water partition coefficient (Wildman–Crippen LogP) is 2.46. The molecule has 0 aliphatic carbocycles. The van der Waals surface area contributed by atoms with Crippen LogP contribution in [-0.4, -0.2) is 39.3 Å². The first kappa shape index (κ1) is 24.0. The molecule has 7 nitrogen and oxygen atoms in total. The molecule has 0 radical (unpaired) electrons. The highest BCUT2D eigenvalue weighted by Crippen LogP contribution is 2.26. The molecular weight excluding hydrogens is 404 g/mol. The van der Waals surface area contributed by atoms with Gasteiger partial charge in [0.2, 0.25) is 10.0 Å². The number of nitrogens with two attached hydrogens (primary N) is 1. The molecule has 156 valence electrons. The summed E-state index contributed by atoms with van der Waals surface area (Å²) in [5, 5.41) is 18.1. The van der Waals surface area contributed by atoms with Crippen LogP contribution < -0.4 is 19.9 Å². The number of benzene rings is 2. The average Bonchev–Trinajstić information content (AvgIpc) is 2.61. The van der Waals surface area contributed by atoms with E-state index >= 15 is 0 Å². The Kier molecular flexibility index (Phi) is 9.54. The maximum absolute atomic E-state index is 11.5. The third-order valence-corrected chi connectivity index (χ3v) is 4.81. The van der Waals surface area contributed by atoms with Gasteiger partial charge in [-0.2, -0.15) is 0 Å². The quantitative estimate of drug-likeness (QED) is 0.499. The van der Waals surface area contributed by atoms with Crippen molar-refractivity contribution >= 4 is 22.4 Å². The van der Waals surface area contributed by atoms with Crippen molar-refractivity contribution in [1.82, 2.24) is 5.32 Å². The first-order valence-electron chi connectivity index (χ1n) is 8.74. The lowest BCUT2D eigenvalue weighted by Gasteiger charge is -2.16. The minimum absolute atomic E-state index is 0. The van der Waals surface area contributed by atoms with Crippen molar-refractivity contribution in [2.45, 2.75) is 31.2 Å². The molecule has 4 N–H and O–H groups in total. The second kappa shape index (κ2) is 11.1. The fourth-order valence-electron chi connectivity index (χ4n) is 2.65. The Bertz CT molecular complexity index is 861.